The van der Waals surface area contributed by atoms with E-state index in [0.717, 1.165) is 11.8 Å². The van der Waals surface area contributed by atoms with Crippen molar-refractivity contribution in [2.75, 3.05) is 0 Å². The van der Waals surface area contributed by atoms with Gasteiger partial charge >= 0.3 is 0 Å². The molecular weight excluding hydrogens is 224 g/mol. The Balaban J connectivity index is 2.30. The molecule has 0 spiro atoms. The van der Waals surface area contributed by atoms with Crippen molar-refractivity contribution in [1.29, 1.82) is 0 Å². The van der Waals surface area contributed by atoms with E-state index >= 15 is 0 Å². The maximum absolute atomic E-state index is 3.62. The molecule has 0 heterocycles. The zero-order valence-electron chi connectivity index (χ0n) is 8.18. The standard InChI is InChI=1S/C12H15Br/c1-8(2)10-6-9-4-3-5-12(13)11(9)7-10/h3-5,8,10H,6-7H2,1-2H3/t10-/m1/s1. The summed E-state index contributed by atoms with van der Waals surface area (Å²) in [6.45, 7) is 4.65. The van der Waals surface area contributed by atoms with Gasteiger partial charge in [0.15, 0.2) is 0 Å². The van der Waals surface area contributed by atoms with Crippen LogP contribution in [0, 0.1) is 11.8 Å². The van der Waals surface area contributed by atoms with Gasteiger partial charge in [0.2, 0.25) is 0 Å². The Labute approximate surface area is 88.5 Å². The molecule has 1 aromatic carbocycles. The van der Waals surface area contributed by atoms with Crippen molar-refractivity contribution in [3.05, 3.63) is 33.8 Å². The Morgan fingerprint density at radius 2 is 2.08 bits per heavy atom. The quantitative estimate of drug-likeness (QED) is 0.698. The van der Waals surface area contributed by atoms with Crippen LogP contribution in [0.3, 0.4) is 0 Å². The van der Waals surface area contributed by atoms with E-state index in [1.807, 2.05) is 0 Å². The molecule has 1 heteroatoms. The molecule has 0 saturated heterocycles. The minimum absolute atomic E-state index is 0.805. The molecule has 0 radical (unpaired) electrons. The first kappa shape index (κ1) is 9.26. The highest BCUT2D eigenvalue weighted by molar-refractivity contribution is 9.10. The monoisotopic (exact) mass is 238 g/mol. The van der Waals surface area contributed by atoms with Crippen molar-refractivity contribution in [2.45, 2.75) is 26.7 Å². The van der Waals surface area contributed by atoms with Crippen LogP contribution in [0.5, 0.6) is 0 Å². The number of benzene rings is 1. The minimum Gasteiger partial charge on any atom is -0.0625 e. The lowest BCUT2D eigenvalue weighted by Gasteiger charge is -2.12. The molecule has 0 aromatic heterocycles. The summed E-state index contributed by atoms with van der Waals surface area (Å²) in [5.41, 5.74) is 3.09. The highest BCUT2D eigenvalue weighted by Gasteiger charge is 2.24. The minimum atomic E-state index is 0.805. The van der Waals surface area contributed by atoms with Crippen LogP contribution in [0.15, 0.2) is 22.7 Å². The molecule has 0 aliphatic heterocycles. The lowest BCUT2D eigenvalue weighted by molar-refractivity contribution is 0.404. The number of hydrogen-bond acceptors (Lipinski definition) is 0. The van der Waals surface area contributed by atoms with Crippen molar-refractivity contribution in [1.82, 2.24) is 0 Å². The average Bonchev–Trinajstić information content (AvgIpc) is 2.49. The van der Waals surface area contributed by atoms with Gasteiger partial charge < -0.3 is 0 Å². The third kappa shape index (κ3) is 1.67. The third-order valence-corrected chi connectivity index (χ3v) is 3.85. The van der Waals surface area contributed by atoms with Crippen LogP contribution in [0.4, 0.5) is 0 Å². The van der Waals surface area contributed by atoms with Crippen LogP contribution in [0.25, 0.3) is 0 Å². The van der Waals surface area contributed by atoms with Gasteiger partial charge in [0, 0.05) is 4.47 Å². The molecule has 1 aromatic rings. The smallest absolute Gasteiger partial charge is 0.0210 e. The molecule has 1 aliphatic rings. The van der Waals surface area contributed by atoms with Crippen molar-refractivity contribution < 1.29 is 0 Å². The van der Waals surface area contributed by atoms with Gasteiger partial charge in [-0.1, -0.05) is 41.9 Å². The second kappa shape index (κ2) is 3.45. The summed E-state index contributed by atoms with van der Waals surface area (Å²) >= 11 is 3.62. The second-order valence-electron chi connectivity index (χ2n) is 4.29. The van der Waals surface area contributed by atoms with Crippen LogP contribution in [0.2, 0.25) is 0 Å². The average molecular weight is 239 g/mol. The Morgan fingerprint density at radius 3 is 2.69 bits per heavy atom. The lowest BCUT2D eigenvalue weighted by atomic mass is 9.93. The fraction of sp³-hybridized carbons (Fsp3) is 0.500. The van der Waals surface area contributed by atoms with Gasteiger partial charge in [-0.15, -0.1) is 0 Å². The lowest BCUT2D eigenvalue weighted by Crippen LogP contribution is -2.07. The number of rotatable bonds is 1. The molecule has 0 N–H and O–H groups in total. The van der Waals surface area contributed by atoms with Crippen molar-refractivity contribution in [3.8, 4) is 0 Å². The predicted octanol–water partition coefficient (Wildman–Crippen LogP) is 3.82. The van der Waals surface area contributed by atoms with Crippen molar-refractivity contribution in [3.63, 3.8) is 0 Å². The summed E-state index contributed by atoms with van der Waals surface area (Å²) < 4.78 is 1.30. The van der Waals surface area contributed by atoms with Gasteiger partial charge in [0.25, 0.3) is 0 Å². The normalized spacial score (nSPS) is 20.8. The van der Waals surface area contributed by atoms with E-state index in [0.29, 0.717) is 0 Å². The summed E-state index contributed by atoms with van der Waals surface area (Å²) in [5, 5.41) is 0. The summed E-state index contributed by atoms with van der Waals surface area (Å²) in [7, 11) is 0. The molecule has 70 valence electrons. The first-order valence-electron chi connectivity index (χ1n) is 4.94. The van der Waals surface area contributed by atoms with Crippen molar-refractivity contribution in [2.24, 2.45) is 11.8 Å². The fourth-order valence-electron chi connectivity index (χ4n) is 2.11. The van der Waals surface area contributed by atoms with Crippen LogP contribution in [0.1, 0.15) is 25.0 Å². The van der Waals surface area contributed by atoms with Crippen LogP contribution in [-0.4, -0.2) is 0 Å². The van der Waals surface area contributed by atoms with E-state index in [2.05, 4.69) is 48.0 Å². The second-order valence-corrected chi connectivity index (χ2v) is 5.14. The van der Waals surface area contributed by atoms with E-state index in [1.54, 1.807) is 11.1 Å². The first-order chi connectivity index (χ1) is 6.18. The molecule has 0 bridgehead atoms. The van der Waals surface area contributed by atoms with E-state index in [4.69, 9.17) is 0 Å². The van der Waals surface area contributed by atoms with E-state index in [1.165, 1.54) is 17.3 Å². The number of halogens is 1. The number of hydrogen-bond donors (Lipinski definition) is 0. The molecule has 1 aliphatic carbocycles. The maximum atomic E-state index is 3.62. The summed E-state index contributed by atoms with van der Waals surface area (Å²) in [6.07, 6.45) is 2.53. The highest BCUT2D eigenvalue weighted by Crippen LogP contribution is 2.35. The van der Waals surface area contributed by atoms with Gasteiger partial charge in [0.05, 0.1) is 0 Å². The molecule has 0 fully saturated rings. The summed E-state index contributed by atoms with van der Waals surface area (Å²) in [6, 6.07) is 6.57. The Morgan fingerprint density at radius 1 is 1.31 bits per heavy atom. The Kier molecular flexibility index (Phi) is 2.46. The van der Waals surface area contributed by atoms with Gasteiger partial charge in [-0.3, -0.25) is 0 Å². The van der Waals surface area contributed by atoms with Crippen LogP contribution < -0.4 is 0 Å². The van der Waals surface area contributed by atoms with Gasteiger partial charge in [-0.2, -0.15) is 0 Å². The molecule has 13 heavy (non-hydrogen) atoms. The van der Waals surface area contributed by atoms with E-state index < -0.39 is 0 Å². The molecule has 2 rings (SSSR count). The molecule has 1 atom stereocenters. The number of fused-ring (bicyclic) bond motifs is 1. The predicted molar refractivity (Wildman–Crippen MR) is 59.9 cm³/mol. The zero-order valence-corrected chi connectivity index (χ0v) is 9.76. The Hall–Kier alpha value is -0.300. The first-order valence-corrected chi connectivity index (χ1v) is 5.74. The summed E-state index contributed by atoms with van der Waals surface area (Å²) in [5.74, 6) is 1.66. The zero-order chi connectivity index (χ0) is 9.42. The van der Waals surface area contributed by atoms with Crippen LogP contribution in [-0.2, 0) is 12.8 Å². The largest absolute Gasteiger partial charge is 0.0625 e. The van der Waals surface area contributed by atoms with Crippen molar-refractivity contribution >= 4 is 15.9 Å². The van der Waals surface area contributed by atoms with Gasteiger partial charge in [-0.25, -0.2) is 0 Å². The molecule has 0 saturated carbocycles. The molecule has 0 nitrogen and oxygen atoms in total. The molecule has 0 unspecified atom stereocenters. The summed E-state index contributed by atoms with van der Waals surface area (Å²) in [4.78, 5) is 0. The third-order valence-electron chi connectivity index (χ3n) is 3.11. The SMILES string of the molecule is CC(C)[C@@H]1Cc2cccc(Br)c2C1. The van der Waals surface area contributed by atoms with Gasteiger partial charge in [0.1, 0.15) is 0 Å². The van der Waals surface area contributed by atoms with E-state index in [-0.39, 0.29) is 0 Å². The topological polar surface area (TPSA) is 0 Å². The highest BCUT2D eigenvalue weighted by atomic mass is 79.9. The fourth-order valence-corrected chi connectivity index (χ4v) is 2.68. The van der Waals surface area contributed by atoms with Crippen LogP contribution >= 0.6 is 15.9 Å². The maximum Gasteiger partial charge on any atom is 0.0210 e. The van der Waals surface area contributed by atoms with E-state index in [9.17, 15) is 0 Å². The Bertz CT molecular complexity index is 315. The van der Waals surface area contributed by atoms with Gasteiger partial charge in [-0.05, 0) is 41.9 Å². The molecular formula is C12H15Br. The molecule has 0 amide bonds.